The van der Waals surface area contributed by atoms with Crippen LogP contribution in [0.2, 0.25) is 0 Å². The first-order chi connectivity index (χ1) is 43.8. The summed E-state index contributed by atoms with van der Waals surface area (Å²) in [6, 6.07) is 103. The van der Waals surface area contributed by atoms with Gasteiger partial charge in [-0.3, -0.25) is 8.97 Å². The Morgan fingerprint density at radius 2 is 0.753 bits per heavy atom. The van der Waals surface area contributed by atoms with Crippen LogP contribution in [-0.4, -0.2) is 20.7 Å². The number of benzene rings is 14. The van der Waals surface area contributed by atoms with Crippen LogP contribution in [0.5, 0.6) is 0 Å². The van der Waals surface area contributed by atoms with Gasteiger partial charge in [-0.05, 0) is 158 Å². The number of fused-ring (bicyclic) bond motifs is 12. The van der Waals surface area contributed by atoms with Crippen LogP contribution in [-0.2, 0) is 6.18 Å². The molecule has 17 aromatic rings. The Hall–Kier alpha value is -11.3. The largest absolute Gasteiger partial charge is 0.416 e. The Kier molecular flexibility index (Phi) is 11.2. The van der Waals surface area contributed by atoms with Crippen LogP contribution in [0, 0.1) is 0 Å². The lowest BCUT2D eigenvalue weighted by molar-refractivity contribution is -0.136. The third-order valence-electron chi connectivity index (χ3n) is 18.7. The maximum atomic E-state index is 16.6. The fourth-order valence-electron chi connectivity index (χ4n) is 15.0. The van der Waals surface area contributed by atoms with Gasteiger partial charge in [-0.15, -0.1) is 0 Å². The van der Waals surface area contributed by atoms with Crippen molar-refractivity contribution in [2.24, 2.45) is 0 Å². The molecule has 0 atom stereocenters. The van der Waals surface area contributed by atoms with Crippen molar-refractivity contribution in [3.05, 3.63) is 303 Å². The van der Waals surface area contributed by atoms with Gasteiger partial charge in [0.2, 0.25) is 12.5 Å². The zero-order valence-corrected chi connectivity index (χ0v) is 47.8. The van der Waals surface area contributed by atoms with Crippen molar-refractivity contribution in [3.8, 4) is 83.6 Å². The lowest BCUT2D eigenvalue weighted by Crippen LogP contribution is -2.58. The van der Waals surface area contributed by atoms with Crippen LogP contribution >= 0.6 is 0 Å². The minimum absolute atomic E-state index is 0.123. The third kappa shape index (κ3) is 7.78. The molecule has 416 valence electrons. The minimum atomic E-state index is -4.72. The van der Waals surface area contributed by atoms with Gasteiger partial charge in [-0.1, -0.05) is 260 Å². The molecular formula is C82H49BF3N3. The van der Waals surface area contributed by atoms with Crippen LogP contribution in [0.3, 0.4) is 0 Å². The highest BCUT2D eigenvalue weighted by molar-refractivity contribution is 7.00. The van der Waals surface area contributed by atoms with Gasteiger partial charge in [0.15, 0.2) is 0 Å². The van der Waals surface area contributed by atoms with E-state index in [0.717, 1.165) is 143 Å². The van der Waals surface area contributed by atoms with E-state index in [2.05, 4.69) is 246 Å². The van der Waals surface area contributed by atoms with Crippen molar-refractivity contribution < 1.29 is 13.2 Å². The SMILES string of the molecule is FC(F)(F)c1cc2c(c3ccccc13)-n1c3c(cc4c5cc(-c6ccccc6)c(-c6ccccc6)cc5c5ccc(c3c54)n3c4cc(-c5ccccc5)c(-c5ccccc5)cc4nc13)B2c1c(-c2ccccc2)cc(-c2ccccc2)cc1-c1ccccc1. The fourth-order valence-corrected chi connectivity index (χ4v) is 15.0. The molecule has 1 aliphatic heterocycles. The Bertz CT molecular complexity index is 5610. The van der Waals surface area contributed by atoms with Crippen LogP contribution in [0.15, 0.2) is 297 Å². The molecule has 0 radical (unpaired) electrons. The highest BCUT2D eigenvalue weighted by Crippen LogP contribution is 2.50. The molecule has 0 bridgehead atoms. The summed E-state index contributed by atoms with van der Waals surface area (Å²) >= 11 is 0. The van der Waals surface area contributed by atoms with Crippen LogP contribution in [0.4, 0.5) is 13.2 Å². The molecule has 0 spiro atoms. The van der Waals surface area contributed by atoms with E-state index in [9.17, 15) is 0 Å². The van der Waals surface area contributed by atoms with E-state index < -0.39 is 18.5 Å². The Labute approximate surface area is 510 Å². The van der Waals surface area contributed by atoms with Crippen molar-refractivity contribution >= 4 is 94.0 Å². The third-order valence-corrected chi connectivity index (χ3v) is 18.7. The summed E-state index contributed by atoms with van der Waals surface area (Å²) in [7, 11) is 0. The van der Waals surface area contributed by atoms with E-state index in [-0.39, 0.29) is 5.39 Å². The van der Waals surface area contributed by atoms with Crippen molar-refractivity contribution in [3.63, 3.8) is 0 Å². The molecule has 0 saturated carbocycles. The van der Waals surface area contributed by atoms with E-state index in [1.807, 2.05) is 42.5 Å². The molecule has 7 heteroatoms. The first-order valence-electron chi connectivity index (χ1n) is 30.2. The van der Waals surface area contributed by atoms with Gasteiger partial charge in [-0.25, -0.2) is 4.98 Å². The molecular weight excluding hydrogens is 1090 g/mol. The number of nitrogens with zero attached hydrogens (tertiary/aromatic N) is 3. The van der Waals surface area contributed by atoms with Crippen LogP contribution < -0.4 is 16.4 Å². The molecule has 89 heavy (non-hydrogen) atoms. The van der Waals surface area contributed by atoms with Crippen molar-refractivity contribution in [1.82, 2.24) is 14.0 Å². The van der Waals surface area contributed by atoms with Gasteiger partial charge < -0.3 is 0 Å². The number of hydrogen-bond donors (Lipinski definition) is 0. The summed E-state index contributed by atoms with van der Waals surface area (Å²) in [4.78, 5) is 5.79. The van der Waals surface area contributed by atoms with Crippen molar-refractivity contribution in [2.45, 2.75) is 6.18 Å². The molecule has 3 nitrogen and oxygen atoms in total. The molecule has 2 aromatic heterocycles. The summed E-state index contributed by atoms with van der Waals surface area (Å²) in [6.45, 7) is -0.777. The van der Waals surface area contributed by atoms with E-state index >= 15 is 13.2 Å². The number of hydrogen-bond acceptors (Lipinski definition) is 1. The maximum Gasteiger partial charge on any atom is 0.416 e. The molecule has 3 heterocycles. The van der Waals surface area contributed by atoms with Gasteiger partial charge in [0.25, 0.3) is 0 Å². The second kappa shape index (κ2) is 19.6. The summed E-state index contributed by atoms with van der Waals surface area (Å²) in [5.41, 5.74) is 20.2. The second-order valence-corrected chi connectivity index (χ2v) is 23.5. The number of halogens is 3. The van der Waals surface area contributed by atoms with Gasteiger partial charge in [0.1, 0.15) is 0 Å². The Morgan fingerprint density at radius 1 is 0.315 bits per heavy atom. The number of alkyl halides is 3. The van der Waals surface area contributed by atoms with Crippen LogP contribution in [0.25, 0.3) is 155 Å². The predicted molar refractivity (Wildman–Crippen MR) is 365 cm³/mol. The fraction of sp³-hybridized carbons (Fsp3) is 0.0122. The van der Waals surface area contributed by atoms with E-state index in [0.29, 0.717) is 22.3 Å². The summed E-state index contributed by atoms with van der Waals surface area (Å²) in [5.74, 6) is 0.602. The highest BCUT2D eigenvalue weighted by atomic mass is 19.4. The Balaban J connectivity index is 1.09. The summed E-state index contributed by atoms with van der Waals surface area (Å²) in [6.07, 6.45) is -4.72. The number of aromatic nitrogens is 3. The lowest BCUT2D eigenvalue weighted by atomic mass is 9.33. The van der Waals surface area contributed by atoms with E-state index in [1.165, 1.54) is 6.07 Å². The monoisotopic (exact) mass is 1140 g/mol. The molecule has 15 aromatic carbocycles. The number of rotatable bonds is 8. The quantitative estimate of drug-likeness (QED) is 0.139. The van der Waals surface area contributed by atoms with Crippen molar-refractivity contribution in [1.29, 1.82) is 0 Å². The van der Waals surface area contributed by atoms with Gasteiger partial charge >= 0.3 is 6.18 Å². The van der Waals surface area contributed by atoms with Gasteiger partial charge in [0.05, 0.1) is 33.3 Å². The molecule has 0 fully saturated rings. The topological polar surface area (TPSA) is 22.2 Å². The van der Waals surface area contributed by atoms with Crippen molar-refractivity contribution in [2.75, 3.05) is 0 Å². The smallest absolute Gasteiger partial charge is 0.280 e. The highest BCUT2D eigenvalue weighted by Gasteiger charge is 2.43. The maximum absolute atomic E-state index is 16.6. The molecule has 0 saturated heterocycles. The molecule has 0 N–H and O–H groups in total. The molecule has 1 aliphatic rings. The molecule has 0 aliphatic carbocycles. The average Bonchev–Trinajstić information content (AvgIpc) is 1.63. The minimum Gasteiger partial charge on any atom is -0.280 e. The summed E-state index contributed by atoms with van der Waals surface area (Å²) in [5, 5.41) is 7.00. The zero-order chi connectivity index (χ0) is 59.1. The predicted octanol–water partition coefficient (Wildman–Crippen LogP) is 20.0. The Morgan fingerprint density at radius 3 is 1.26 bits per heavy atom. The normalized spacial score (nSPS) is 12.4. The molecule has 18 rings (SSSR count). The standard InChI is InChI=1S/C82H49BF3N3/c84-82(85,86)70-49-72-79(60-39-23-22-38-58(60)70)89-80-71(83(72)78-65(55-34-18-6-19-35-55)42-57(50-24-8-1-9-25-50)43-66(78)56-36-20-7-21-37-56)46-69-68-45-62(52-28-12-3-13-29-52)61(51-26-10-2-11-27-51)44-67(68)59-40-41-74(77(80)76(59)69)88-75-48-64(54-32-16-5-17-33-54)63(47-73(75)87-81(88)89)53-30-14-4-15-31-53/h1-49H. The second-order valence-electron chi connectivity index (χ2n) is 23.5. The van der Waals surface area contributed by atoms with Gasteiger partial charge in [0, 0.05) is 16.2 Å². The average molecular weight is 1140 g/mol. The van der Waals surface area contributed by atoms with Gasteiger partial charge in [-0.2, -0.15) is 13.2 Å². The molecule has 0 unspecified atom stereocenters. The van der Waals surface area contributed by atoms with Crippen LogP contribution in [0.1, 0.15) is 5.56 Å². The van der Waals surface area contributed by atoms with E-state index in [4.69, 9.17) is 4.98 Å². The zero-order valence-electron chi connectivity index (χ0n) is 47.8. The number of imidazole rings is 1. The first kappa shape index (κ1) is 51.0. The lowest BCUT2D eigenvalue weighted by Gasteiger charge is -2.34. The molecule has 0 amide bonds. The summed E-state index contributed by atoms with van der Waals surface area (Å²) < 4.78 is 54.2. The van der Waals surface area contributed by atoms with E-state index in [1.54, 1.807) is 12.1 Å². The first-order valence-corrected chi connectivity index (χ1v) is 30.2.